The van der Waals surface area contributed by atoms with E-state index < -0.39 is 8.32 Å². The van der Waals surface area contributed by atoms with E-state index in [2.05, 4.69) is 99.4 Å². The predicted octanol–water partition coefficient (Wildman–Crippen LogP) is 4.81. The van der Waals surface area contributed by atoms with Crippen LogP contribution in [0.25, 0.3) is 6.08 Å². The van der Waals surface area contributed by atoms with Crippen molar-refractivity contribution < 1.29 is 9.53 Å². The molecule has 0 bridgehead atoms. The molecule has 4 heteroatoms. The number of aliphatic hydroxyl groups excluding tert-OH is 1. The van der Waals surface area contributed by atoms with Crippen LogP contribution in [-0.4, -0.2) is 31.1 Å². The van der Waals surface area contributed by atoms with E-state index in [0.717, 1.165) is 11.1 Å². The van der Waals surface area contributed by atoms with Crippen molar-refractivity contribution in [2.75, 3.05) is 6.61 Å². The lowest BCUT2D eigenvalue weighted by Gasteiger charge is -2.45. The first-order valence-corrected chi connectivity index (χ1v) is 12.8. The summed E-state index contributed by atoms with van der Waals surface area (Å²) in [5.74, 6) is 0. The third-order valence-corrected chi connectivity index (χ3v) is 10.8. The van der Waals surface area contributed by atoms with E-state index in [-0.39, 0.29) is 17.7 Å². The molecule has 3 rings (SSSR count). The van der Waals surface area contributed by atoms with Gasteiger partial charge in [0.15, 0.2) is 0 Å². The van der Waals surface area contributed by atoms with Crippen molar-refractivity contribution in [3.63, 3.8) is 0 Å². The Morgan fingerprint density at radius 3 is 1.90 bits per heavy atom. The number of hydrogen-bond donors (Lipinski definition) is 1. The van der Waals surface area contributed by atoms with Gasteiger partial charge >= 0.3 is 0 Å². The number of benzene rings is 2. The van der Waals surface area contributed by atoms with Crippen molar-refractivity contribution in [1.29, 1.82) is 0 Å². The van der Waals surface area contributed by atoms with Crippen LogP contribution in [0.4, 0.5) is 0 Å². The van der Waals surface area contributed by atoms with E-state index in [9.17, 15) is 5.11 Å². The molecular formula is C27H33NO2Si. The number of rotatable bonds is 8. The van der Waals surface area contributed by atoms with Gasteiger partial charge in [0.25, 0.3) is 8.32 Å². The summed E-state index contributed by atoms with van der Waals surface area (Å²) in [6.07, 6.45) is 6.09. The second-order valence-corrected chi connectivity index (χ2v) is 13.2. The summed E-state index contributed by atoms with van der Waals surface area (Å²) in [5, 5.41) is 12.3. The lowest BCUT2D eigenvalue weighted by molar-refractivity contribution is 0.171. The van der Waals surface area contributed by atoms with Gasteiger partial charge in [0.1, 0.15) is 0 Å². The largest absolute Gasteiger partial charge is 0.401 e. The summed E-state index contributed by atoms with van der Waals surface area (Å²) in [4.78, 5) is 4.11. The molecule has 0 fully saturated rings. The third-order valence-electron chi connectivity index (χ3n) is 5.74. The van der Waals surface area contributed by atoms with Gasteiger partial charge in [-0.25, -0.2) is 0 Å². The first-order valence-electron chi connectivity index (χ1n) is 10.9. The van der Waals surface area contributed by atoms with Crippen LogP contribution in [0.1, 0.15) is 39.7 Å². The van der Waals surface area contributed by atoms with Gasteiger partial charge in [0.2, 0.25) is 0 Å². The highest BCUT2D eigenvalue weighted by atomic mass is 28.4. The maximum Gasteiger partial charge on any atom is 0.261 e. The van der Waals surface area contributed by atoms with Crippen LogP contribution in [0.5, 0.6) is 0 Å². The van der Waals surface area contributed by atoms with E-state index in [0.29, 0.717) is 6.42 Å². The number of pyridine rings is 1. The lowest BCUT2D eigenvalue weighted by Crippen LogP contribution is -2.67. The Hall–Kier alpha value is -2.53. The highest BCUT2D eigenvalue weighted by Crippen LogP contribution is 2.38. The first-order chi connectivity index (χ1) is 14.9. The minimum Gasteiger partial charge on any atom is -0.401 e. The van der Waals surface area contributed by atoms with Crippen LogP contribution in [0.15, 0.2) is 90.8 Å². The molecule has 0 aliphatic carbocycles. The monoisotopic (exact) mass is 431 g/mol. The molecule has 1 heterocycles. The maximum absolute atomic E-state index is 9.89. The van der Waals surface area contributed by atoms with E-state index >= 15 is 0 Å². The Balaban J connectivity index is 2.15. The van der Waals surface area contributed by atoms with E-state index in [1.807, 2.05) is 12.1 Å². The molecule has 31 heavy (non-hydrogen) atoms. The first kappa shape index (κ1) is 23.1. The van der Waals surface area contributed by atoms with Crippen molar-refractivity contribution in [3.05, 3.63) is 96.3 Å². The van der Waals surface area contributed by atoms with Crippen LogP contribution < -0.4 is 10.4 Å². The van der Waals surface area contributed by atoms with Gasteiger partial charge in [-0.2, -0.15) is 0 Å². The average molecular weight is 432 g/mol. The van der Waals surface area contributed by atoms with Gasteiger partial charge in [-0.05, 0) is 52.0 Å². The topological polar surface area (TPSA) is 42.4 Å². The Kier molecular flexibility index (Phi) is 7.60. The molecule has 0 aliphatic heterocycles. The van der Waals surface area contributed by atoms with Gasteiger partial charge < -0.3 is 9.53 Å². The van der Waals surface area contributed by atoms with Crippen molar-refractivity contribution >= 4 is 24.8 Å². The molecule has 0 saturated heterocycles. The van der Waals surface area contributed by atoms with Gasteiger partial charge in [-0.3, -0.25) is 4.98 Å². The van der Waals surface area contributed by atoms with Gasteiger partial charge in [-0.15, -0.1) is 0 Å². The zero-order valence-electron chi connectivity index (χ0n) is 19.0. The number of nitrogens with zero attached hydrogens (tertiary/aromatic N) is 1. The SMILES string of the molecule is CC(=Cc1ccncc1)[C@H](CCO)O[Si](c1ccccc1)(c1ccccc1)C(C)(C)C. The molecule has 0 spiro atoms. The second kappa shape index (κ2) is 10.2. The fraction of sp³-hybridized carbons (Fsp3) is 0.296. The summed E-state index contributed by atoms with van der Waals surface area (Å²) >= 11 is 0. The smallest absolute Gasteiger partial charge is 0.261 e. The molecule has 3 nitrogen and oxygen atoms in total. The zero-order valence-corrected chi connectivity index (χ0v) is 20.0. The maximum atomic E-state index is 9.89. The molecule has 0 saturated carbocycles. The van der Waals surface area contributed by atoms with E-state index in [1.54, 1.807) is 12.4 Å². The molecule has 162 valence electrons. The van der Waals surface area contributed by atoms with Crippen molar-refractivity contribution in [2.45, 2.75) is 45.3 Å². The average Bonchev–Trinajstić information content (AvgIpc) is 2.77. The minimum absolute atomic E-state index is 0.0738. The highest BCUT2D eigenvalue weighted by Gasteiger charge is 2.51. The lowest BCUT2D eigenvalue weighted by atomic mass is 10.1. The molecule has 0 aliphatic rings. The fourth-order valence-corrected chi connectivity index (χ4v) is 8.96. The van der Waals surface area contributed by atoms with Crippen LogP contribution >= 0.6 is 0 Å². The molecule has 1 atom stereocenters. The summed E-state index contributed by atoms with van der Waals surface area (Å²) in [6, 6.07) is 25.2. The summed E-state index contributed by atoms with van der Waals surface area (Å²) in [5.41, 5.74) is 2.19. The second-order valence-electron chi connectivity index (χ2n) is 8.95. The Morgan fingerprint density at radius 2 is 1.45 bits per heavy atom. The molecule has 0 amide bonds. The summed E-state index contributed by atoms with van der Waals surface area (Å²) in [6.45, 7) is 8.99. The summed E-state index contributed by atoms with van der Waals surface area (Å²) in [7, 11) is -2.69. The quantitative estimate of drug-likeness (QED) is 0.520. The Labute approximate surface area is 187 Å². The molecule has 2 aromatic carbocycles. The van der Waals surface area contributed by atoms with Crippen molar-refractivity contribution in [3.8, 4) is 0 Å². The molecule has 3 aromatic rings. The normalized spacial score (nSPS) is 13.8. The minimum atomic E-state index is -2.69. The van der Waals surface area contributed by atoms with Crippen LogP contribution in [0.3, 0.4) is 0 Å². The van der Waals surface area contributed by atoms with Gasteiger partial charge in [-0.1, -0.05) is 87.5 Å². The van der Waals surface area contributed by atoms with Crippen LogP contribution in [0, 0.1) is 0 Å². The van der Waals surface area contributed by atoms with E-state index in [1.165, 1.54) is 10.4 Å². The van der Waals surface area contributed by atoms with Crippen molar-refractivity contribution in [1.82, 2.24) is 4.98 Å². The molecule has 1 N–H and O–H groups in total. The predicted molar refractivity (Wildman–Crippen MR) is 132 cm³/mol. The summed E-state index contributed by atoms with van der Waals surface area (Å²) < 4.78 is 7.24. The molecule has 1 aromatic heterocycles. The highest BCUT2D eigenvalue weighted by molar-refractivity contribution is 6.99. The number of hydrogen-bond acceptors (Lipinski definition) is 3. The third kappa shape index (κ3) is 5.21. The standard InChI is InChI=1S/C27H33NO2Si/c1-22(21-23-15-18-28-19-16-23)26(17-20-29)30-31(27(2,3)4,24-11-7-5-8-12-24)25-13-9-6-10-14-25/h5-16,18-19,21,26,29H,17,20H2,1-4H3/t26-/m0/s1. The van der Waals surface area contributed by atoms with Crippen molar-refractivity contribution in [2.24, 2.45) is 0 Å². The Morgan fingerprint density at radius 1 is 0.935 bits per heavy atom. The van der Waals surface area contributed by atoms with Crippen LogP contribution in [-0.2, 0) is 4.43 Å². The van der Waals surface area contributed by atoms with E-state index in [4.69, 9.17) is 4.43 Å². The molecule has 0 unspecified atom stereocenters. The Bertz CT molecular complexity index is 927. The van der Waals surface area contributed by atoms with Gasteiger partial charge in [0, 0.05) is 19.0 Å². The number of aromatic nitrogens is 1. The number of aliphatic hydroxyl groups is 1. The van der Waals surface area contributed by atoms with Crippen LogP contribution in [0.2, 0.25) is 5.04 Å². The molecule has 0 radical (unpaired) electrons. The zero-order chi connectivity index (χ0) is 22.3. The van der Waals surface area contributed by atoms with Gasteiger partial charge in [0.05, 0.1) is 6.10 Å². The molecular weight excluding hydrogens is 398 g/mol. The fourth-order valence-electron chi connectivity index (χ4n) is 4.22.